The zero-order chi connectivity index (χ0) is 13.9. The Bertz CT molecular complexity index is 440. The van der Waals surface area contributed by atoms with Gasteiger partial charge in [-0.2, -0.15) is 0 Å². The van der Waals surface area contributed by atoms with Crippen LogP contribution in [0.5, 0.6) is 11.5 Å². The van der Waals surface area contributed by atoms with Crippen LogP contribution in [0.3, 0.4) is 0 Å². The van der Waals surface area contributed by atoms with Crippen LogP contribution in [0.15, 0.2) is 24.3 Å². The lowest BCUT2D eigenvalue weighted by atomic mass is 10.3. The molecule has 0 radical (unpaired) electrons. The Morgan fingerprint density at radius 3 is 2.42 bits per heavy atom. The number of benzene rings is 1. The first-order valence-electron chi connectivity index (χ1n) is 6.23. The number of carbonyl (C=O) groups is 1. The van der Waals surface area contributed by atoms with Gasteiger partial charge in [0.1, 0.15) is 11.5 Å². The van der Waals surface area contributed by atoms with Gasteiger partial charge in [0.2, 0.25) is 0 Å². The predicted molar refractivity (Wildman–Crippen MR) is 74.0 cm³/mol. The number of carbonyl (C=O) groups excluding carboxylic acids is 1. The fraction of sp³-hybridized carbons (Fsp3) is 0.462. The predicted octanol–water partition coefficient (Wildman–Crippen LogP) is 2.27. The molecule has 0 spiro atoms. The Morgan fingerprint density at radius 1 is 1.26 bits per heavy atom. The van der Waals surface area contributed by atoms with Crippen molar-refractivity contribution in [1.29, 1.82) is 0 Å². The summed E-state index contributed by atoms with van der Waals surface area (Å²) in [5.41, 5.74) is -0.150. The van der Waals surface area contributed by atoms with Crippen LogP contribution < -0.4 is 9.47 Å². The van der Waals surface area contributed by atoms with Crippen molar-refractivity contribution in [2.45, 2.75) is 13.1 Å². The second kappa shape index (κ2) is 5.73. The van der Waals surface area contributed by atoms with Crippen LogP contribution >= 0.6 is 0 Å². The van der Waals surface area contributed by atoms with Gasteiger partial charge in [0, 0.05) is 6.54 Å². The molecular weight excluding hydrogens is 262 g/mol. The lowest BCUT2D eigenvalue weighted by molar-refractivity contribution is 0.167. The molecule has 0 aromatic heterocycles. The van der Waals surface area contributed by atoms with E-state index in [0.29, 0.717) is 19.1 Å². The van der Waals surface area contributed by atoms with Crippen molar-refractivity contribution in [2.75, 3.05) is 27.0 Å². The molecule has 1 saturated heterocycles. The largest absolute Gasteiger partial charge is 0.497 e. The molecule has 1 aliphatic heterocycles. The average molecular weight is 281 g/mol. The van der Waals surface area contributed by atoms with Crippen molar-refractivity contribution >= 4 is 13.8 Å². The summed E-state index contributed by atoms with van der Waals surface area (Å²) < 4.78 is 17.9. The molecule has 1 aromatic carbocycles. The van der Waals surface area contributed by atoms with E-state index in [1.165, 1.54) is 0 Å². The summed E-state index contributed by atoms with van der Waals surface area (Å²) in [6.45, 7) is 5.97. The van der Waals surface area contributed by atoms with Crippen molar-refractivity contribution in [1.82, 2.24) is 4.57 Å². The van der Waals surface area contributed by atoms with E-state index in [2.05, 4.69) is 4.57 Å². The standard InChI is InChI=1S/C13H19NO4Si/c1-16-11-4-6-12(7-5-11)18-13(15)19(2,3)14-8-9-17-10-14/h4-7H,8-10H2,1-3H3. The molecular formula is C13H19NO4Si. The first-order valence-corrected chi connectivity index (χ1v) is 9.18. The van der Waals surface area contributed by atoms with E-state index in [4.69, 9.17) is 14.2 Å². The Hall–Kier alpha value is -1.37. The maximum atomic E-state index is 12.3. The lowest BCUT2D eigenvalue weighted by Crippen LogP contribution is -2.55. The summed E-state index contributed by atoms with van der Waals surface area (Å²) in [6.07, 6.45) is 0. The number of ether oxygens (including phenoxy) is 3. The zero-order valence-corrected chi connectivity index (χ0v) is 12.5. The van der Waals surface area contributed by atoms with Gasteiger partial charge in [-0.1, -0.05) is 0 Å². The molecule has 1 fully saturated rings. The molecule has 2 rings (SSSR count). The summed E-state index contributed by atoms with van der Waals surface area (Å²) in [5.74, 6) is 1.29. The van der Waals surface area contributed by atoms with Crippen LogP contribution in [0.4, 0.5) is 4.79 Å². The summed E-state index contributed by atoms with van der Waals surface area (Å²) in [4.78, 5) is 12.3. The van der Waals surface area contributed by atoms with Crippen molar-refractivity contribution < 1.29 is 19.0 Å². The van der Waals surface area contributed by atoms with Gasteiger partial charge < -0.3 is 14.2 Å². The summed E-state index contributed by atoms with van der Waals surface area (Å²) in [6, 6.07) is 7.02. The smallest absolute Gasteiger partial charge is 0.294 e. The Balaban J connectivity index is 2.02. The van der Waals surface area contributed by atoms with Gasteiger partial charge in [0.15, 0.2) is 0 Å². The topological polar surface area (TPSA) is 48.0 Å². The zero-order valence-electron chi connectivity index (χ0n) is 11.5. The quantitative estimate of drug-likeness (QED) is 0.792. The van der Waals surface area contributed by atoms with Crippen molar-refractivity contribution in [2.24, 2.45) is 0 Å². The second-order valence-electron chi connectivity index (χ2n) is 4.92. The van der Waals surface area contributed by atoms with E-state index in [1.54, 1.807) is 31.4 Å². The molecule has 19 heavy (non-hydrogen) atoms. The van der Waals surface area contributed by atoms with Crippen molar-refractivity contribution in [3.05, 3.63) is 24.3 Å². The van der Waals surface area contributed by atoms with E-state index < -0.39 is 8.24 Å². The summed E-state index contributed by atoms with van der Waals surface area (Å²) in [5, 5.41) is 0. The monoisotopic (exact) mass is 281 g/mol. The fourth-order valence-electron chi connectivity index (χ4n) is 1.86. The van der Waals surface area contributed by atoms with Crippen molar-refractivity contribution in [3.8, 4) is 11.5 Å². The maximum absolute atomic E-state index is 12.3. The number of methoxy groups -OCH3 is 1. The normalized spacial score (nSPS) is 16.4. The highest BCUT2D eigenvalue weighted by Crippen LogP contribution is 2.21. The van der Waals surface area contributed by atoms with Crippen LogP contribution in [0.2, 0.25) is 13.1 Å². The van der Waals surface area contributed by atoms with Gasteiger partial charge in [0.25, 0.3) is 13.8 Å². The third-order valence-corrected chi connectivity index (χ3v) is 6.35. The molecule has 0 atom stereocenters. The molecule has 0 N–H and O–H groups in total. The molecule has 1 aromatic rings. The molecule has 0 amide bonds. The van der Waals surface area contributed by atoms with Gasteiger partial charge in [-0.25, -0.2) is 0 Å². The second-order valence-corrected chi connectivity index (χ2v) is 9.08. The number of hydrogen-bond donors (Lipinski definition) is 0. The highest BCUT2D eigenvalue weighted by Gasteiger charge is 2.41. The Kier molecular flexibility index (Phi) is 4.23. The molecule has 0 saturated carbocycles. The van der Waals surface area contributed by atoms with Crippen LogP contribution in [0.25, 0.3) is 0 Å². The van der Waals surface area contributed by atoms with Crippen LogP contribution in [0.1, 0.15) is 0 Å². The number of nitrogens with zero attached hydrogens (tertiary/aromatic N) is 1. The van der Waals surface area contributed by atoms with E-state index in [0.717, 1.165) is 12.3 Å². The van der Waals surface area contributed by atoms with Gasteiger partial charge in [-0.3, -0.25) is 9.36 Å². The average Bonchev–Trinajstić information content (AvgIpc) is 2.94. The highest BCUT2D eigenvalue weighted by molar-refractivity contribution is 7.01. The first-order chi connectivity index (χ1) is 9.04. The van der Waals surface area contributed by atoms with Crippen LogP contribution in [0, 0.1) is 0 Å². The molecule has 6 heteroatoms. The van der Waals surface area contributed by atoms with Gasteiger partial charge in [-0.05, 0) is 37.4 Å². The SMILES string of the molecule is COc1ccc(OC(=O)[Si](C)(C)N2CCOC2)cc1. The van der Waals surface area contributed by atoms with E-state index in [9.17, 15) is 4.79 Å². The highest BCUT2D eigenvalue weighted by atomic mass is 28.3. The van der Waals surface area contributed by atoms with Gasteiger partial charge in [0.05, 0.1) is 20.4 Å². The maximum Gasteiger partial charge on any atom is 0.294 e. The molecule has 0 aliphatic carbocycles. The number of hydrogen-bond acceptors (Lipinski definition) is 5. The van der Waals surface area contributed by atoms with Crippen molar-refractivity contribution in [3.63, 3.8) is 0 Å². The Labute approximate surface area is 114 Å². The minimum Gasteiger partial charge on any atom is -0.497 e. The summed E-state index contributed by atoms with van der Waals surface area (Å²) in [7, 11) is -0.661. The summed E-state index contributed by atoms with van der Waals surface area (Å²) >= 11 is 0. The molecule has 104 valence electrons. The minimum atomic E-state index is -2.26. The van der Waals surface area contributed by atoms with Gasteiger partial charge >= 0.3 is 0 Å². The van der Waals surface area contributed by atoms with Crippen LogP contribution in [-0.2, 0) is 4.74 Å². The minimum absolute atomic E-state index is 0.150. The lowest BCUT2D eigenvalue weighted by Gasteiger charge is -2.28. The van der Waals surface area contributed by atoms with E-state index in [1.807, 2.05) is 13.1 Å². The first kappa shape index (κ1) is 14.0. The third kappa shape index (κ3) is 3.15. The molecule has 0 bridgehead atoms. The van der Waals surface area contributed by atoms with E-state index in [-0.39, 0.29) is 5.59 Å². The van der Waals surface area contributed by atoms with Crippen LogP contribution in [-0.4, -0.2) is 45.4 Å². The molecule has 1 heterocycles. The fourth-order valence-corrected chi connectivity index (χ4v) is 3.55. The molecule has 5 nitrogen and oxygen atoms in total. The Morgan fingerprint density at radius 2 is 1.89 bits per heavy atom. The van der Waals surface area contributed by atoms with E-state index >= 15 is 0 Å². The molecule has 0 unspecified atom stereocenters. The molecule has 1 aliphatic rings. The number of rotatable bonds is 4. The van der Waals surface area contributed by atoms with Gasteiger partial charge in [-0.15, -0.1) is 0 Å². The third-order valence-electron chi connectivity index (χ3n) is 3.31.